The van der Waals surface area contributed by atoms with Crippen LogP contribution in [0.3, 0.4) is 0 Å². The third-order valence-electron chi connectivity index (χ3n) is 2.43. The van der Waals surface area contributed by atoms with Crippen molar-refractivity contribution < 1.29 is 13.9 Å². The van der Waals surface area contributed by atoms with E-state index in [9.17, 15) is 9.18 Å². The molecule has 86 valence electrons. The minimum Gasteiger partial charge on any atom is -0.495 e. The summed E-state index contributed by atoms with van der Waals surface area (Å²) in [5, 5.41) is 0. The molecule has 0 aliphatic carbocycles. The normalized spacial score (nSPS) is 10.0. The van der Waals surface area contributed by atoms with Crippen molar-refractivity contribution in [2.75, 3.05) is 7.11 Å². The van der Waals surface area contributed by atoms with Gasteiger partial charge in [-0.2, -0.15) is 0 Å². The molecule has 1 heterocycles. The molecule has 0 N–H and O–H groups in total. The summed E-state index contributed by atoms with van der Waals surface area (Å²) in [7, 11) is 1.52. The molecular formula is C13H10FNO2. The Morgan fingerprint density at radius 1 is 1.35 bits per heavy atom. The van der Waals surface area contributed by atoms with Crippen molar-refractivity contribution >= 4 is 6.29 Å². The first kappa shape index (κ1) is 11.3. The highest BCUT2D eigenvalue weighted by atomic mass is 19.1. The standard InChI is InChI=1S/C13H10FNO2/c1-17-10-5-9(6-15-7-10)11-3-2-4-13(14)12(11)8-16/h2-8H,1H3. The first-order valence-electron chi connectivity index (χ1n) is 4.99. The number of carbonyl (C=O) groups excluding carboxylic acids is 1. The van der Waals surface area contributed by atoms with E-state index in [4.69, 9.17) is 4.74 Å². The van der Waals surface area contributed by atoms with E-state index in [1.165, 1.54) is 13.2 Å². The van der Waals surface area contributed by atoms with Gasteiger partial charge in [-0.3, -0.25) is 9.78 Å². The third-order valence-corrected chi connectivity index (χ3v) is 2.43. The molecule has 17 heavy (non-hydrogen) atoms. The van der Waals surface area contributed by atoms with E-state index in [1.807, 2.05) is 0 Å². The summed E-state index contributed by atoms with van der Waals surface area (Å²) in [6.45, 7) is 0. The maximum Gasteiger partial charge on any atom is 0.153 e. The summed E-state index contributed by atoms with van der Waals surface area (Å²) in [5.41, 5.74) is 1.18. The number of aromatic nitrogens is 1. The minimum atomic E-state index is -0.541. The summed E-state index contributed by atoms with van der Waals surface area (Å²) in [6, 6.07) is 6.18. The van der Waals surface area contributed by atoms with Gasteiger partial charge in [0.15, 0.2) is 6.29 Å². The van der Waals surface area contributed by atoms with Gasteiger partial charge in [0.05, 0.1) is 18.9 Å². The number of nitrogens with zero attached hydrogens (tertiary/aromatic N) is 1. The van der Waals surface area contributed by atoms with Gasteiger partial charge < -0.3 is 4.74 Å². The molecule has 0 unspecified atom stereocenters. The molecule has 2 rings (SSSR count). The zero-order valence-electron chi connectivity index (χ0n) is 9.18. The molecule has 0 amide bonds. The van der Waals surface area contributed by atoms with Gasteiger partial charge in [0.2, 0.25) is 0 Å². The first-order valence-corrected chi connectivity index (χ1v) is 4.99. The fourth-order valence-corrected chi connectivity index (χ4v) is 1.59. The zero-order valence-corrected chi connectivity index (χ0v) is 9.18. The second kappa shape index (κ2) is 4.74. The Bertz CT molecular complexity index is 555. The van der Waals surface area contributed by atoms with Gasteiger partial charge in [-0.1, -0.05) is 12.1 Å². The Labute approximate surface area is 97.9 Å². The second-order valence-corrected chi connectivity index (χ2v) is 3.43. The predicted octanol–water partition coefficient (Wildman–Crippen LogP) is 2.71. The van der Waals surface area contributed by atoms with Crippen LogP contribution >= 0.6 is 0 Å². The van der Waals surface area contributed by atoms with Gasteiger partial charge in [0, 0.05) is 11.8 Å². The van der Waals surface area contributed by atoms with Crippen LogP contribution in [0.2, 0.25) is 0 Å². The van der Waals surface area contributed by atoms with E-state index in [0.717, 1.165) is 0 Å². The van der Waals surface area contributed by atoms with Crippen molar-refractivity contribution in [1.29, 1.82) is 0 Å². The van der Waals surface area contributed by atoms with Crippen LogP contribution in [0, 0.1) is 5.82 Å². The molecule has 0 fully saturated rings. The van der Waals surface area contributed by atoms with Gasteiger partial charge >= 0.3 is 0 Å². The Balaban J connectivity index is 2.59. The number of hydrogen-bond acceptors (Lipinski definition) is 3. The zero-order chi connectivity index (χ0) is 12.3. The van der Waals surface area contributed by atoms with Crippen molar-refractivity contribution in [2.45, 2.75) is 0 Å². The molecule has 3 nitrogen and oxygen atoms in total. The van der Waals surface area contributed by atoms with E-state index in [-0.39, 0.29) is 5.56 Å². The lowest BCUT2D eigenvalue weighted by Gasteiger charge is -2.07. The van der Waals surface area contributed by atoms with E-state index >= 15 is 0 Å². The maximum absolute atomic E-state index is 13.4. The summed E-state index contributed by atoms with van der Waals surface area (Å²) >= 11 is 0. The second-order valence-electron chi connectivity index (χ2n) is 3.43. The molecule has 0 saturated heterocycles. The first-order chi connectivity index (χ1) is 8.26. The maximum atomic E-state index is 13.4. The lowest BCUT2D eigenvalue weighted by atomic mass is 10.0. The predicted molar refractivity (Wildman–Crippen MR) is 61.6 cm³/mol. The van der Waals surface area contributed by atoms with Crippen molar-refractivity contribution in [2.24, 2.45) is 0 Å². The van der Waals surface area contributed by atoms with Crippen LogP contribution in [0.4, 0.5) is 4.39 Å². The molecular weight excluding hydrogens is 221 g/mol. The highest BCUT2D eigenvalue weighted by Gasteiger charge is 2.10. The SMILES string of the molecule is COc1cncc(-c2cccc(F)c2C=O)c1. The number of ether oxygens (including phenoxy) is 1. The van der Waals surface area contributed by atoms with Crippen LogP contribution in [0.5, 0.6) is 5.75 Å². The van der Waals surface area contributed by atoms with E-state index < -0.39 is 5.82 Å². The fourth-order valence-electron chi connectivity index (χ4n) is 1.59. The molecule has 4 heteroatoms. The van der Waals surface area contributed by atoms with Crippen molar-refractivity contribution in [3.05, 3.63) is 48.0 Å². The minimum absolute atomic E-state index is 0.0301. The number of rotatable bonds is 3. The van der Waals surface area contributed by atoms with Crippen LogP contribution < -0.4 is 4.74 Å². The molecule has 0 saturated carbocycles. The average molecular weight is 231 g/mol. The summed E-state index contributed by atoms with van der Waals surface area (Å²) in [4.78, 5) is 14.9. The van der Waals surface area contributed by atoms with Crippen LogP contribution in [0.15, 0.2) is 36.7 Å². The number of benzene rings is 1. The topological polar surface area (TPSA) is 39.2 Å². The van der Waals surface area contributed by atoms with Crippen molar-refractivity contribution in [1.82, 2.24) is 4.98 Å². The van der Waals surface area contributed by atoms with Crippen molar-refractivity contribution in [3.8, 4) is 16.9 Å². The van der Waals surface area contributed by atoms with Crippen LogP contribution in [0.25, 0.3) is 11.1 Å². The number of hydrogen-bond donors (Lipinski definition) is 0. The monoisotopic (exact) mass is 231 g/mol. The van der Waals surface area contributed by atoms with E-state index in [0.29, 0.717) is 23.2 Å². The molecule has 0 spiro atoms. The van der Waals surface area contributed by atoms with Crippen LogP contribution in [0.1, 0.15) is 10.4 Å². The van der Waals surface area contributed by atoms with Crippen molar-refractivity contribution in [3.63, 3.8) is 0 Å². The number of pyridine rings is 1. The highest BCUT2D eigenvalue weighted by molar-refractivity contribution is 5.87. The number of carbonyl (C=O) groups is 1. The smallest absolute Gasteiger partial charge is 0.153 e. The molecule has 0 bridgehead atoms. The average Bonchev–Trinajstić information content (AvgIpc) is 2.38. The van der Waals surface area contributed by atoms with E-state index in [2.05, 4.69) is 4.98 Å². The van der Waals surface area contributed by atoms with Crippen LogP contribution in [-0.2, 0) is 0 Å². The molecule has 0 radical (unpaired) electrons. The van der Waals surface area contributed by atoms with Gasteiger partial charge in [0.25, 0.3) is 0 Å². The van der Waals surface area contributed by atoms with Gasteiger partial charge in [0.1, 0.15) is 11.6 Å². The molecule has 2 aromatic rings. The lowest BCUT2D eigenvalue weighted by molar-refractivity contribution is 0.112. The number of methoxy groups -OCH3 is 1. The van der Waals surface area contributed by atoms with Gasteiger partial charge in [-0.25, -0.2) is 4.39 Å². The number of halogens is 1. The molecule has 1 aromatic heterocycles. The Morgan fingerprint density at radius 2 is 2.18 bits per heavy atom. The molecule has 0 atom stereocenters. The summed E-state index contributed by atoms with van der Waals surface area (Å²) in [5.74, 6) is 0.0175. The number of aldehydes is 1. The Kier molecular flexibility index (Phi) is 3.14. The Morgan fingerprint density at radius 3 is 2.88 bits per heavy atom. The molecule has 1 aromatic carbocycles. The molecule has 0 aliphatic heterocycles. The Hall–Kier alpha value is -2.23. The quantitative estimate of drug-likeness (QED) is 0.762. The lowest BCUT2D eigenvalue weighted by Crippen LogP contribution is -1.93. The largest absolute Gasteiger partial charge is 0.495 e. The van der Waals surface area contributed by atoms with E-state index in [1.54, 1.807) is 30.6 Å². The third kappa shape index (κ3) is 2.15. The molecule has 0 aliphatic rings. The van der Waals surface area contributed by atoms with Gasteiger partial charge in [-0.15, -0.1) is 0 Å². The summed E-state index contributed by atoms with van der Waals surface area (Å²) < 4.78 is 18.5. The van der Waals surface area contributed by atoms with Crippen LogP contribution in [-0.4, -0.2) is 18.4 Å². The highest BCUT2D eigenvalue weighted by Crippen LogP contribution is 2.26. The summed E-state index contributed by atoms with van der Waals surface area (Å²) in [6.07, 6.45) is 3.61. The fraction of sp³-hybridized carbons (Fsp3) is 0.0769. The van der Waals surface area contributed by atoms with Gasteiger partial charge in [-0.05, 0) is 17.7 Å².